The first-order chi connectivity index (χ1) is 19.6. The number of hydrogen-bond donors (Lipinski definition) is 3. The summed E-state index contributed by atoms with van der Waals surface area (Å²) >= 11 is 0. The van der Waals surface area contributed by atoms with Gasteiger partial charge in [-0.3, -0.25) is 10.1 Å². The van der Waals surface area contributed by atoms with E-state index in [-0.39, 0.29) is 59.8 Å². The molecule has 2 aromatic carbocycles. The molecule has 42 heavy (non-hydrogen) atoms. The van der Waals surface area contributed by atoms with Crippen LogP contribution in [0.25, 0.3) is 0 Å². The van der Waals surface area contributed by atoms with Gasteiger partial charge < -0.3 is 27.0 Å². The maximum absolute atomic E-state index is 12.9. The van der Waals surface area contributed by atoms with Crippen molar-refractivity contribution in [2.75, 3.05) is 53.2 Å². The summed E-state index contributed by atoms with van der Waals surface area (Å²) in [4.78, 5) is 13.1. The van der Waals surface area contributed by atoms with Gasteiger partial charge in [-0.15, -0.1) is 0 Å². The van der Waals surface area contributed by atoms with Crippen LogP contribution in [0, 0.1) is 44.6 Å². The zero-order valence-electron chi connectivity index (χ0n) is 22.2. The Kier molecular flexibility index (Phi) is 9.50. The van der Waals surface area contributed by atoms with Gasteiger partial charge in [-0.25, -0.2) is 0 Å². The smallest absolute Gasteiger partial charge is 0.393 e. The standard InChI is InChI=1S/C13H13F3N4O2.C13H15F3N4/c14-13(15,16)8-2-1-5-19(7-8)10-3-4-11(20(21)22)12(18)9(10)6-17;14-13(15,16)8-2-1-5-20(7-8)11-4-3-10(18)12(19)9(11)6-17/h3-4,8H,1-2,5,7,18H2;3-4,8H,1-2,5,7,18-19H2. The molecule has 16 heteroatoms. The monoisotopic (exact) mass is 598 g/mol. The van der Waals surface area contributed by atoms with E-state index in [9.17, 15) is 36.5 Å². The van der Waals surface area contributed by atoms with Crippen LogP contribution in [0.5, 0.6) is 0 Å². The quantitative estimate of drug-likeness (QED) is 0.182. The highest BCUT2D eigenvalue weighted by Gasteiger charge is 2.43. The van der Waals surface area contributed by atoms with Crippen LogP contribution in [0.1, 0.15) is 36.8 Å². The summed E-state index contributed by atoms with van der Waals surface area (Å²) in [5.74, 6) is -2.86. The van der Waals surface area contributed by atoms with Gasteiger partial charge in [-0.05, 0) is 43.9 Å². The topological polar surface area (TPSA) is 175 Å². The molecule has 0 spiro atoms. The van der Waals surface area contributed by atoms with Crippen LogP contribution in [0.4, 0.5) is 60.5 Å². The molecule has 10 nitrogen and oxygen atoms in total. The molecule has 0 radical (unpaired) electrons. The minimum atomic E-state index is -4.31. The summed E-state index contributed by atoms with van der Waals surface area (Å²) in [5.41, 5.74) is 17.2. The predicted octanol–water partition coefficient (Wildman–Crippen LogP) is 5.33. The third-order valence-corrected chi connectivity index (χ3v) is 7.33. The summed E-state index contributed by atoms with van der Waals surface area (Å²) in [6.45, 7) is 0.389. The number of hydrogen-bond acceptors (Lipinski definition) is 9. The molecule has 0 bridgehead atoms. The molecule has 2 fully saturated rings. The van der Waals surface area contributed by atoms with E-state index in [0.29, 0.717) is 31.6 Å². The number of nitriles is 2. The van der Waals surface area contributed by atoms with Gasteiger partial charge in [-0.1, -0.05) is 0 Å². The number of nitrogens with zero attached hydrogens (tertiary/aromatic N) is 5. The summed E-state index contributed by atoms with van der Waals surface area (Å²) in [6.07, 6.45) is -7.62. The highest BCUT2D eigenvalue weighted by atomic mass is 19.4. The van der Waals surface area contributed by atoms with Gasteiger partial charge in [0, 0.05) is 32.2 Å². The lowest BCUT2D eigenvalue weighted by Crippen LogP contribution is -2.42. The Balaban J connectivity index is 0.000000231. The van der Waals surface area contributed by atoms with E-state index in [1.165, 1.54) is 17.0 Å². The average molecular weight is 599 g/mol. The third kappa shape index (κ3) is 6.99. The molecule has 2 heterocycles. The SMILES string of the molecule is N#Cc1c(N2CCCC(C(F)(F)F)C2)ccc(N)c1N.N#Cc1c(N2CCCC(C(F)(F)F)C2)ccc([N+](=O)[O-])c1N. The molecule has 0 saturated carbocycles. The first kappa shape index (κ1) is 31.9. The Morgan fingerprint density at radius 2 is 1.21 bits per heavy atom. The average Bonchev–Trinajstić information content (AvgIpc) is 2.93. The molecule has 2 saturated heterocycles. The number of nitrogens with two attached hydrogens (primary N) is 3. The van der Waals surface area contributed by atoms with Crippen molar-refractivity contribution in [3.05, 3.63) is 45.5 Å². The van der Waals surface area contributed by atoms with E-state index in [2.05, 4.69) is 0 Å². The second-order valence-electron chi connectivity index (χ2n) is 9.99. The van der Waals surface area contributed by atoms with E-state index in [1.54, 1.807) is 17.0 Å². The second-order valence-corrected chi connectivity index (χ2v) is 9.99. The number of benzene rings is 2. The predicted molar refractivity (Wildman–Crippen MR) is 144 cm³/mol. The minimum Gasteiger partial charge on any atom is -0.397 e. The lowest BCUT2D eigenvalue weighted by Gasteiger charge is -2.35. The van der Waals surface area contributed by atoms with Gasteiger partial charge in [0.2, 0.25) is 0 Å². The van der Waals surface area contributed by atoms with Crippen molar-refractivity contribution in [2.45, 2.75) is 38.0 Å². The molecule has 0 aliphatic carbocycles. The van der Waals surface area contributed by atoms with Crippen molar-refractivity contribution < 1.29 is 31.3 Å². The number of halogens is 6. The molecule has 0 aromatic heterocycles. The van der Waals surface area contributed by atoms with Gasteiger partial charge >= 0.3 is 12.4 Å². The molecule has 2 aliphatic heterocycles. The normalized spacial score (nSPS) is 19.2. The highest BCUT2D eigenvalue weighted by Crippen LogP contribution is 2.39. The van der Waals surface area contributed by atoms with Crippen LogP contribution in [-0.2, 0) is 0 Å². The minimum absolute atomic E-state index is 0.0321. The Bertz CT molecular complexity index is 1400. The van der Waals surface area contributed by atoms with E-state index >= 15 is 0 Å². The molecule has 2 unspecified atom stereocenters. The Labute approximate surface area is 237 Å². The number of nitro benzene ring substituents is 1. The number of alkyl halides is 6. The largest absolute Gasteiger partial charge is 0.397 e. The number of nitrogen functional groups attached to an aromatic ring is 3. The third-order valence-electron chi connectivity index (χ3n) is 7.33. The summed E-state index contributed by atoms with van der Waals surface area (Å²) in [6, 6.07) is 9.16. The van der Waals surface area contributed by atoms with E-state index < -0.39 is 34.8 Å². The van der Waals surface area contributed by atoms with Crippen LogP contribution >= 0.6 is 0 Å². The number of anilines is 5. The van der Waals surface area contributed by atoms with E-state index in [0.717, 1.165) is 6.07 Å². The Morgan fingerprint density at radius 1 is 0.786 bits per heavy atom. The van der Waals surface area contributed by atoms with Gasteiger partial charge in [0.25, 0.3) is 5.69 Å². The lowest BCUT2D eigenvalue weighted by molar-refractivity contribution is -0.383. The number of nitro groups is 1. The Morgan fingerprint density at radius 3 is 1.62 bits per heavy atom. The van der Waals surface area contributed by atoms with Crippen LogP contribution in [0.3, 0.4) is 0 Å². The fourth-order valence-electron chi connectivity index (χ4n) is 5.07. The van der Waals surface area contributed by atoms with Gasteiger partial charge in [0.05, 0.1) is 39.5 Å². The molecule has 6 N–H and O–H groups in total. The molecule has 4 rings (SSSR count). The summed E-state index contributed by atoms with van der Waals surface area (Å²) in [5, 5.41) is 29.1. The second kappa shape index (κ2) is 12.5. The van der Waals surface area contributed by atoms with Crippen LogP contribution in [0.2, 0.25) is 0 Å². The summed E-state index contributed by atoms with van der Waals surface area (Å²) in [7, 11) is 0. The zero-order chi connectivity index (χ0) is 31.4. The van der Waals surface area contributed by atoms with E-state index in [4.69, 9.17) is 27.7 Å². The molecular formula is C26H28F6N8O2. The fraction of sp³-hybridized carbons (Fsp3) is 0.462. The molecule has 226 valence electrons. The van der Waals surface area contributed by atoms with Crippen LogP contribution in [0.15, 0.2) is 24.3 Å². The fourth-order valence-corrected chi connectivity index (χ4v) is 5.07. The van der Waals surface area contributed by atoms with Crippen molar-refractivity contribution in [1.82, 2.24) is 0 Å². The molecular weight excluding hydrogens is 570 g/mol. The number of piperidine rings is 2. The van der Waals surface area contributed by atoms with E-state index in [1.807, 2.05) is 6.07 Å². The maximum atomic E-state index is 12.9. The first-order valence-electron chi connectivity index (χ1n) is 12.8. The highest BCUT2D eigenvalue weighted by molar-refractivity contribution is 5.80. The van der Waals surface area contributed by atoms with Gasteiger partial charge in [0.1, 0.15) is 29.0 Å². The van der Waals surface area contributed by atoms with Crippen molar-refractivity contribution in [1.29, 1.82) is 10.5 Å². The van der Waals surface area contributed by atoms with Gasteiger partial charge in [-0.2, -0.15) is 36.9 Å². The van der Waals surface area contributed by atoms with Crippen LogP contribution in [-0.4, -0.2) is 43.5 Å². The van der Waals surface area contributed by atoms with Crippen molar-refractivity contribution in [3.8, 4) is 12.1 Å². The lowest BCUT2D eigenvalue weighted by atomic mass is 9.96. The van der Waals surface area contributed by atoms with Crippen LogP contribution < -0.4 is 27.0 Å². The van der Waals surface area contributed by atoms with Crippen molar-refractivity contribution >= 4 is 34.1 Å². The maximum Gasteiger partial charge on any atom is 0.393 e. The van der Waals surface area contributed by atoms with Crippen molar-refractivity contribution in [3.63, 3.8) is 0 Å². The van der Waals surface area contributed by atoms with Gasteiger partial charge in [0.15, 0.2) is 0 Å². The first-order valence-corrected chi connectivity index (χ1v) is 12.8. The van der Waals surface area contributed by atoms with Crippen molar-refractivity contribution in [2.24, 2.45) is 11.8 Å². The number of rotatable bonds is 3. The molecule has 2 aromatic rings. The molecule has 2 aliphatic rings. The summed E-state index contributed by atoms with van der Waals surface area (Å²) < 4.78 is 77.0. The molecule has 2 atom stereocenters. The zero-order valence-corrected chi connectivity index (χ0v) is 22.2. The Hall–Kier alpha value is -4.60. The molecule has 0 amide bonds.